The highest BCUT2D eigenvalue weighted by Crippen LogP contribution is 2.38. The number of hydrogen-bond donors (Lipinski definition) is 3. The van der Waals surface area contributed by atoms with Gasteiger partial charge in [-0.25, -0.2) is 0 Å². The molecule has 0 bridgehead atoms. The van der Waals surface area contributed by atoms with Gasteiger partial charge in [-0.1, -0.05) is 0 Å². The first-order valence-corrected chi connectivity index (χ1v) is 4.97. The van der Waals surface area contributed by atoms with Crippen LogP contribution in [0.15, 0.2) is 0 Å². The summed E-state index contributed by atoms with van der Waals surface area (Å²) >= 11 is 0. The first-order valence-electron chi connectivity index (χ1n) is 4.97. The number of aliphatic hydroxyl groups excluding tert-OH is 1. The van der Waals surface area contributed by atoms with Crippen LogP contribution in [0, 0.1) is 0 Å². The lowest BCUT2D eigenvalue weighted by Crippen LogP contribution is -2.61. The summed E-state index contributed by atoms with van der Waals surface area (Å²) in [6.07, 6.45) is 4.79. The summed E-state index contributed by atoms with van der Waals surface area (Å²) < 4.78 is 0. The maximum absolute atomic E-state index is 8.65. The van der Waals surface area contributed by atoms with Gasteiger partial charge < -0.3 is 15.7 Å². The Labute approximate surface area is 73.5 Å². The van der Waals surface area contributed by atoms with Crippen molar-refractivity contribution in [2.75, 3.05) is 19.7 Å². The van der Waals surface area contributed by atoms with Gasteiger partial charge in [0.05, 0.1) is 0 Å². The van der Waals surface area contributed by atoms with Gasteiger partial charge in [-0.05, 0) is 38.8 Å². The maximum atomic E-state index is 8.65. The molecule has 2 unspecified atom stereocenters. The van der Waals surface area contributed by atoms with E-state index in [0.717, 1.165) is 25.6 Å². The van der Waals surface area contributed by atoms with E-state index in [1.54, 1.807) is 0 Å². The second kappa shape index (κ2) is 3.32. The molecule has 2 atom stereocenters. The molecule has 0 aromatic heterocycles. The summed E-state index contributed by atoms with van der Waals surface area (Å²) in [6.45, 7) is 2.44. The fraction of sp³-hybridized carbons (Fsp3) is 1.00. The van der Waals surface area contributed by atoms with Crippen molar-refractivity contribution in [1.82, 2.24) is 10.6 Å². The van der Waals surface area contributed by atoms with Gasteiger partial charge >= 0.3 is 0 Å². The van der Waals surface area contributed by atoms with Crippen LogP contribution in [-0.4, -0.2) is 36.4 Å². The Bertz CT molecular complexity index is 163. The van der Waals surface area contributed by atoms with Gasteiger partial charge in [0.2, 0.25) is 0 Å². The van der Waals surface area contributed by atoms with E-state index in [1.165, 1.54) is 19.3 Å². The van der Waals surface area contributed by atoms with Gasteiger partial charge in [0.25, 0.3) is 0 Å². The number of nitrogens with one attached hydrogen (secondary N) is 2. The summed E-state index contributed by atoms with van der Waals surface area (Å²) in [5, 5.41) is 15.7. The summed E-state index contributed by atoms with van der Waals surface area (Å²) in [5.74, 6) is 0. The summed E-state index contributed by atoms with van der Waals surface area (Å²) in [7, 11) is 0. The monoisotopic (exact) mass is 170 g/mol. The maximum Gasteiger partial charge on any atom is 0.0443 e. The Hall–Kier alpha value is -0.120. The summed E-state index contributed by atoms with van der Waals surface area (Å²) in [6, 6.07) is 0.719. The second-order valence-electron chi connectivity index (χ2n) is 3.96. The molecule has 1 aliphatic carbocycles. The smallest absolute Gasteiger partial charge is 0.0443 e. The highest BCUT2D eigenvalue weighted by Gasteiger charge is 2.48. The predicted molar refractivity (Wildman–Crippen MR) is 48.1 cm³/mol. The van der Waals surface area contributed by atoms with Gasteiger partial charge in [0, 0.05) is 18.2 Å². The molecule has 0 amide bonds. The molecule has 70 valence electrons. The van der Waals surface area contributed by atoms with E-state index >= 15 is 0 Å². The molecule has 0 aromatic carbocycles. The molecule has 1 saturated heterocycles. The van der Waals surface area contributed by atoms with E-state index < -0.39 is 0 Å². The first kappa shape index (κ1) is 8.48. The van der Waals surface area contributed by atoms with Crippen LogP contribution in [0.25, 0.3) is 0 Å². The lowest BCUT2D eigenvalue weighted by molar-refractivity contribution is 0.157. The Kier molecular flexibility index (Phi) is 2.35. The predicted octanol–water partition coefficient (Wildman–Crippen LogP) is -0.147. The molecule has 3 heteroatoms. The standard InChI is InChI=1S/C9H18N2O/c12-7-1-5-11-9-3-2-8(9)10-6-4-9/h8,10-12H,1-7H2. The minimum atomic E-state index is 0.307. The zero-order valence-corrected chi connectivity index (χ0v) is 7.47. The minimum absolute atomic E-state index is 0.307. The zero-order chi connectivity index (χ0) is 8.44. The molecule has 12 heavy (non-hydrogen) atoms. The van der Waals surface area contributed by atoms with Crippen LogP contribution in [0.5, 0.6) is 0 Å². The van der Waals surface area contributed by atoms with Crippen LogP contribution in [0.2, 0.25) is 0 Å². The van der Waals surface area contributed by atoms with Crippen LogP contribution < -0.4 is 10.6 Å². The van der Waals surface area contributed by atoms with E-state index in [-0.39, 0.29) is 0 Å². The van der Waals surface area contributed by atoms with E-state index in [2.05, 4.69) is 10.6 Å². The van der Waals surface area contributed by atoms with Crippen molar-refractivity contribution < 1.29 is 5.11 Å². The Morgan fingerprint density at radius 1 is 1.50 bits per heavy atom. The van der Waals surface area contributed by atoms with Crippen molar-refractivity contribution in [3.8, 4) is 0 Å². The Balaban J connectivity index is 1.78. The van der Waals surface area contributed by atoms with Crippen molar-refractivity contribution in [1.29, 1.82) is 0 Å². The largest absolute Gasteiger partial charge is 0.396 e. The normalized spacial score (nSPS) is 39.2. The van der Waals surface area contributed by atoms with E-state index in [0.29, 0.717) is 12.1 Å². The fourth-order valence-corrected chi connectivity index (χ4v) is 2.42. The Morgan fingerprint density at radius 2 is 2.42 bits per heavy atom. The lowest BCUT2D eigenvalue weighted by Gasteiger charge is -2.45. The van der Waals surface area contributed by atoms with Crippen molar-refractivity contribution in [2.45, 2.75) is 37.3 Å². The third-order valence-electron chi connectivity index (χ3n) is 3.32. The molecule has 0 radical (unpaired) electrons. The van der Waals surface area contributed by atoms with Crippen molar-refractivity contribution >= 4 is 0 Å². The molecule has 0 aromatic rings. The van der Waals surface area contributed by atoms with Crippen molar-refractivity contribution in [3.63, 3.8) is 0 Å². The van der Waals surface area contributed by atoms with Crippen LogP contribution in [0.3, 0.4) is 0 Å². The van der Waals surface area contributed by atoms with E-state index in [4.69, 9.17) is 5.11 Å². The zero-order valence-electron chi connectivity index (χ0n) is 7.47. The molecule has 0 spiro atoms. The molecule has 1 saturated carbocycles. The van der Waals surface area contributed by atoms with Crippen LogP contribution in [-0.2, 0) is 0 Å². The molecule has 2 fully saturated rings. The number of rotatable bonds is 4. The molecule has 1 heterocycles. The van der Waals surface area contributed by atoms with E-state index in [1.807, 2.05) is 0 Å². The number of aliphatic hydroxyl groups is 1. The third-order valence-corrected chi connectivity index (χ3v) is 3.32. The van der Waals surface area contributed by atoms with Crippen LogP contribution in [0.1, 0.15) is 25.7 Å². The number of fused-ring (bicyclic) bond motifs is 1. The first-order chi connectivity index (χ1) is 5.87. The van der Waals surface area contributed by atoms with Gasteiger partial charge in [0.1, 0.15) is 0 Å². The highest BCUT2D eigenvalue weighted by atomic mass is 16.3. The fourth-order valence-electron chi connectivity index (χ4n) is 2.42. The van der Waals surface area contributed by atoms with Gasteiger partial charge in [-0.3, -0.25) is 0 Å². The molecule has 1 aliphatic heterocycles. The van der Waals surface area contributed by atoms with Crippen LogP contribution in [0.4, 0.5) is 0 Å². The average Bonchev–Trinajstić information content (AvgIpc) is 2.32. The number of hydrogen-bond acceptors (Lipinski definition) is 3. The van der Waals surface area contributed by atoms with Gasteiger partial charge in [-0.15, -0.1) is 0 Å². The molecule has 3 nitrogen and oxygen atoms in total. The topological polar surface area (TPSA) is 44.3 Å². The van der Waals surface area contributed by atoms with Gasteiger partial charge in [-0.2, -0.15) is 0 Å². The van der Waals surface area contributed by atoms with Crippen molar-refractivity contribution in [2.24, 2.45) is 0 Å². The Morgan fingerprint density at radius 3 is 3.00 bits per heavy atom. The van der Waals surface area contributed by atoms with Crippen LogP contribution >= 0.6 is 0 Å². The second-order valence-corrected chi connectivity index (χ2v) is 3.96. The molecule has 3 N–H and O–H groups in total. The summed E-state index contributed by atoms with van der Waals surface area (Å²) in [5.41, 5.74) is 0.412. The molecular weight excluding hydrogens is 152 g/mol. The average molecular weight is 170 g/mol. The summed E-state index contributed by atoms with van der Waals surface area (Å²) in [4.78, 5) is 0. The molecule has 2 rings (SSSR count). The highest BCUT2D eigenvalue weighted by molar-refractivity contribution is 5.11. The van der Waals surface area contributed by atoms with E-state index in [9.17, 15) is 0 Å². The van der Waals surface area contributed by atoms with Gasteiger partial charge in [0.15, 0.2) is 0 Å². The quantitative estimate of drug-likeness (QED) is 0.514. The molecular formula is C9H18N2O. The SMILES string of the molecule is OCCCNC12CCNC1CC2. The van der Waals surface area contributed by atoms with Crippen molar-refractivity contribution in [3.05, 3.63) is 0 Å². The third kappa shape index (κ3) is 1.26. The minimum Gasteiger partial charge on any atom is -0.396 e. The lowest BCUT2D eigenvalue weighted by atomic mass is 9.72. The molecule has 2 aliphatic rings.